The Bertz CT molecular complexity index is 715. The van der Waals surface area contributed by atoms with Crippen molar-refractivity contribution < 1.29 is 23.2 Å². The zero-order valence-corrected chi connectivity index (χ0v) is 14.8. The molecule has 0 radical (unpaired) electrons. The van der Waals surface area contributed by atoms with Gasteiger partial charge in [0.2, 0.25) is 0 Å². The van der Waals surface area contributed by atoms with E-state index in [1.807, 2.05) is 0 Å². The summed E-state index contributed by atoms with van der Waals surface area (Å²) in [6.45, 7) is -0.913. The van der Waals surface area contributed by atoms with Crippen LogP contribution in [0.5, 0.6) is 0 Å². The Morgan fingerprint density at radius 1 is 0.792 bits per heavy atom. The highest BCUT2D eigenvalue weighted by Crippen LogP contribution is 2.26. The third kappa shape index (κ3) is 5.26. The molecule has 0 bridgehead atoms. The van der Waals surface area contributed by atoms with Crippen LogP contribution in [0.3, 0.4) is 0 Å². The van der Waals surface area contributed by atoms with E-state index in [2.05, 4.69) is 0 Å². The van der Waals surface area contributed by atoms with E-state index in [1.165, 1.54) is 12.1 Å². The Morgan fingerprint density at radius 3 is 1.54 bits per heavy atom. The molecule has 5 nitrogen and oxygen atoms in total. The van der Waals surface area contributed by atoms with Gasteiger partial charge in [0.05, 0.1) is 10.0 Å². The van der Waals surface area contributed by atoms with Crippen molar-refractivity contribution in [2.45, 2.75) is 0 Å². The normalized spacial score (nSPS) is 10.8. The van der Waals surface area contributed by atoms with Gasteiger partial charge in [-0.2, -0.15) is 0 Å². The van der Waals surface area contributed by atoms with Crippen LogP contribution in [0.2, 0.25) is 10.0 Å². The van der Waals surface area contributed by atoms with Crippen LogP contribution in [-0.2, 0) is 13.6 Å². The Kier molecular flexibility index (Phi) is 7.16. The van der Waals surface area contributed by atoms with E-state index in [9.17, 15) is 14.2 Å². The number of hydrogen-bond acceptors (Lipinski definition) is 5. The standard InChI is InChI=1S/C16H13Cl2O5P/c17-13-7-3-1-5-11(13)15(19)9-22-24(21)23-10-16(20)12-6-2-4-8-14(12)18/h1-8,24H,9-10H2. The van der Waals surface area contributed by atoms with Crippen LogP contribution in [0.25, 0.3) is 0 Å². The molecule has 0 aromatic heterocycles. The summed E-state index contributed by atoms with van der Waals surface area (Å²) in [6.07, 6.45) is 0. The van der Waals surface area contributed by atoms with Gasteiger partial charge in [0.25, 0.3) is 0 Å². The van der Waals surface area contributed by atoms with Gasteiger partial charge in [-0.25, -0.2) is 0 Å². The van der Waals surface area contributed by atoms with Gasteiger partial charge in [0, 0.05) is 11.1 Å². The molecular weight excluding hydrogens is 374 g/mol. The van der Waals surface area contributed by atoms with Gasteiger partial charge < -0.3 is 9.05 Å². The highest BCUT2D eigenvalue weighted by Gasteiger charge is 2.14. The van der Waals surface area contributed by atoms with Gasteiger partial charge >= 0.3 is 8.25 Å². The third-order valence-electron chi connectivity index (χ3n) is 2.99. The minimum atomic E-state index is -3.00. The fraction of sp³-hybridized carbons (Fsp3) is 0.125. The van der Waals surface area contributed by atoms with Gasteiger partial charge in [-0.05, 0) is 24.3 Å². The van der Waals surface area contributed by atoms with E-state index >= 15 is 0 Å². The third-order valence-corrected chi connectivity index (χ3v) is 4.41. The van der Waals surface area contributed by atoms with Crippen LogP contribution in [0.4, 0.5) is 0 Å². The highest BCUT2D eigenvalue weighted by atomic mass is 35.5. The lowest BCUT2D eigenvalue weighted by Gasteiger charge is -2.06. The lowest BCUT2D eigenvalue weighted by Crippen LogP contribution is -2.09. The van der Waals surface area contributed by atoms with E-state index in [0.717, 1.165) is 0 Å². The number of halogens is 2. The molecule has 0 heterocycles. The molecule has 0 aliphatic heterocycles. The smallest absolute Gasteiger partial charge is 0.302 e. The van der Waals surface area contributed by atoms with E-state index in [1.54, 1.807) is 36.4 Å². The summed E-state index contributed by atoms with van der Waals surface area (Å²) < 4.78 is 21.4. The molecule has 0 aliphatic rings. The predicted molar refractivity (Wildman–Crippen MR) is 92.5 cm³/mol. The molecule has 2 rings (SSSR count). The molecule has 24 heavy (non-hydrogen) atoms. The quantitative estimate of drug-likeness (QED) is 0.494. The molecule has 0 fully saturated rings. The van der Waals surface area contributed by atoms with Gasteiger partial charge in [0.1, 0.15) is 13.2 Å². The largest absolute Gasteiger partial charge is 0.320 e. The zero-order chi connectivity index (χ0) is 17.5. The summed E-state index contributed by atoms with van der Waals surface area (Å²) in [7, 11) is -3.00. The van der Waals surface area contributed by atoms with Crippen LogP contribution < -0.4 is 0 Å². The molecule has 0 unspecified atom stereocenters. The molecule has 0 aliphatic carbocycles. The maximum absolute atomic E-state index is 11.9. The number of rotatable bonds is 8. The van der Waals surface area contributed by atoms with Crippen LogP contribution in [0.15, 0.2) is 48.5 Å². The maximum Gasteiger partial charge on any atom is 0.320 e. The Morgan fingerprint density at radius 2 is 1.17 bits per heavy atom. The Balaban J connectivity index is 1.82. The van der Waals surface area contributed by atoms with Crippen molar-refractivity contribution in [2.24, 2.45) is 0 Å². The van der Waals surface area contributed by atoms with Crippen molar-refractivity contribution >= 4 is 43.0 Å². The first kappa shape index (κ1) is 18.8. The first-order chi connectivity index (χ1) is 11.5. The maximum atomic E-state index is 11.9. The first-order valence-electron chi connectivity index (χ1n) is 6.84. The molecule has 0 saturated heterocycles. The lowest BCUT2D eigenvalue weighted by atomic mass is 10.1. The molecule has 0 saturated carbocycles. The molecule has 0 atom stereocenters. The lowest BCUT2D eigenvalue weighted by molar-refractivity contribution is 0.0877. The average Bonchev–Trinajstić information content (AvgIpc) is 2.58. The molecule has 0 N–H and O–H groups in total. The first-order valence-corrected chi connectivity index (χ1v) is 8.82. The topological polar surface area (TPSA) is 69.7 Å². The van der Waals surface area contributed by atoms with E-state index in [0.29, 0.717) is 0 Å². The van der Waals surface area contributed by atoms with E-state index in [4.69, 9.17) is 32.2 Å². The summed E-state index contributed by atoms with van der Waals surface area (Å²) in [5.41, 5.74) is 0.530. The summed E-state index contributed by atoms with van der Waals surface area (Å²) in [4.78, 5) is 23.8. The minimum absolute atomic E-state index is 0.265. The monoisotopic (exact) mass is 386 g/mol. The zero-order valence-electron chi connectivity index (χ0n) is 12.3. The van der Waals surface area contributed by atoms with Gasteiger partial charge in [0.15, 0.2) is 11.6 Å². The number of carbonyl (C=O) groups is 2. The van der Waals surface area contributed by atoms with Crippen molar-refractivity contribution in [1.82, 2.24) is 0 Å². The Labute approximate surface area is 149 Å². The second kappa shape index (κ2) is 9.11. The van der Waals surface area contributed by atoms with Crippen LogP contribution in [0.1, 0.15) is 20.7 Å². The second-order valence-electron chi connectivity index (χ2n) is 4.63. The summed E-state index contributed by atoms with van der Waals surface area (Å²) in [6, 6.07) is 12.9. The van der Waals surface area contributed by atoms with Crippen LogP contribution in [-0.4, -0.2) is 24.8 Å². The Hall–Kier alpha value is -1.49. The van der Waals surface area contributed by atoms with Crippen molar-refractivity contribution in [3.8, 4) is 0 Å². The minimum Gasteiger partial charge on any atom is -0.302 e. The molecular formula is C16H13Cl2O5P. The van der Waals surface area contributed by atoms with Crippen LogP contribution in [0, 0.1) is 0 Å². The molecule has 8 heteroatoms. The van der Waals surface area contributed by atoms with E-state index in [-0.39, 0.29) is 21.2 Å². The van der Waals surface area contributed by atoms with Gasteiger partial charge in [-0.15, -0.1) is 0 Å². The van der Waals surface area contributed by atoms with Crippen molar-refractivity contribution in [2.75, 3.05) is 13.2 Å². The fourth-order valence-corrected chi connectivity index (χ4v) is 2.88. The van der Waals surface area contributed by atoms with Crippen molar-refractivity contribution in [3.05, 3.63) is 69.7 Å². The molecule has 2 aromatic carbocycles. The summed E-state index contributed by atoms with van der Waals surface area (Å²) in [5.74, 6) is -0.861. The average molecular weight is 387 g/mol. The van der Waals surface area contributed by atoms with Crippen LogP contribution >= 0.6 is 31.5 Å². The SMILES string of the molecule is O=C(CO[PH](=O)OCC(=O)c1ccccc1Cl)c1ccccc1Cl. The second-order valence-corrected chi connectivity index (χ2v) is 6.53. The van der Waals surface area contributed by atoms with Crippen molar-refractivity contribution in [3.63, 3.8) is 0 Å². The number of Topliss-reactive ketones (excluding diaryl/α,β-unsaturated/α-hetero) is 2. The molecule has 2 aromatic rings. The fourth-order valence-electron chi connectivity index (χ4n) is 1.82. The van der Waals surface area contributed by atoms with Gasteiger partial charge in [-0.3, -0.25) is 14.2 Å². The highest BCUT2D eigenvalue weighted by molar-refractivity contribution is 7.33. The summed E-state index contributed by atoms with van der Waals surface area (Å²) >= 11 is 11.8. The molecule has 0 amide bonds. The van der Waals surface area contributed by atoms with Gasteiger partial charge in [-0.1, -0.05) is 47.5 Å². The number of hydrogen-bond donors (Lipinski definition) is 0. The van der Waals surface area contributed by atoms with Crippen molar-refractivity contribution in [1.29, 1.82) is 0 Å². The number of benzene rings is 2. The predicted octanol–water partition coefficient (Wildman–Crippen LogP) is 4.48. The number of ketones is 2. The molecule has 126 valence electrons. The molecule has 0 spiro atoms. The van der Waals surface area contributed by atoms with E-state index < -0.39 is 33.0 Å². The summed E-state index contributed by atoms with van der Waals surface area (Å²) in [5, 5.41) is 0.557. The number of carbonyl (C=O) groups excluding carboxylic acids is 2.